The molecule has 2 rings (SSSR count). The summed E-state index contributed by atoms with van der Waals surface area (Å²) in [6, 6.07) is 9.68. The Balaban J connectivity index is 1.64. The van der Waals surface area contributed by atoms with Gasteiger partial charge in [0.2, 0.25) is 0 Å². The van der Waals surface area contributed by atoms with E-state index in [1.807, 2.05) is 0 Å². The van der Waals surface area contributed by atoms with Crippen molar-refractivity contribution in [2.75, 3.05) is 6.54 Å². The van der Waals surface area contributed by atoms with Crippen LogP contribution in [0.5, 0.6) is 0 Å². The summed E-state index contributed by atoms with van der Waals surface area (Å²) in [6.07, 6.45) is 6.69. The number of rotatable bonds is 5. The van der Waals surface area contributed by atoms with Crippen molar-refractivity contribution in [2.45, 2.75) is 45.1 Å². The predicted octanol–water partition coefficient (Wildman–Crippen LogP) is 3.07. The first-order chi connectivity index (χ1) is 7.34. The van der Waals surface area contributed by atoms with Crippen molar-refractivity contribution < 1.29 is 0 Å². The maximum absolute atomic E-state index is 3.60. The van der Waals surface area contributed by atoms with E-state index in [0.29, 0.717) is 0 Å². The number of hydrogen-bond acceptors (Lipinski definition) is 1. The van der Waals surface area contributed by atoms with Crippen LogP contribution in [-0.4, -0.2) is 12.6 Å². The molecule has 0 aromatic heterocycles. The van der Waals surface area contributed by atoms with Crippen molar-refractivity contribution >= 4 is 0 Å². The van der Waals surface area contributed by atoms with Crippen LogP contribution in [0.25, 0.3) is 0 Å². The van der Waals surface area contributed by atoms with E-state index in [1.165, 1.54) is 49.8 Å². The molecule has 1 aromatic rings. The lowest BCUT2D eigenvalue weighted by molar-refractivity contribution is 0.339. The molecule has 0 saturated heterocycles. The summed E-state index contributed by atoms with van der Waals surface area (Å²) < 4.78 is 0. The fourth-order valence-electron chi connectivity index (χ4n) is 2.08. The molecule has 1 N–H and O–H groups in total. The lowest BCUT2D eigenvalue weighted by atomic mass is 9.93. The van der Waals surface area contributed by atoms with Crippen LogP contribution >= 0.6 is 0 Å². The molecule has 1 heteroatoms. The van der Waals surface area contributed by atoms with Crippen molar-refractivity contribution in [1.29, 1.82) is 0 Å². The minimum absolute atomic E-state index is 0.836. The molecule has 0 spiro atoms. The van der Waals surface area contributed by atoms with E-state index in [2.05, 4.69) is 36.5 Å². The van der Waals surface area contributed by atoms with Gasteiger partial charge in [0.1, 0.15) is 0 Å². The zero-order chi connectivity index (χ0) is 10.5. The zero-order valence-corrected chi connectivity index (χ0v) is 9.63. The normalized spacial score (nSPS) is 16.3. The van der Waals surface area contributed by atoms with Gasteiger partial charge in [0.05, 0.1) is 0 Å². The average molecular weight is 203 g/mol. The largest absolute Gasteiger partial charge is 0.314 e. The number of aryl methyl sites for hydroxylation is 2. The molecular formula is C14H21N. The lowest BCUT2D eigenvalue weighted by Gasteiger charge is -2.26. The average Bonchev–Trinajstić information content (AvgIpc) is 2.15. The molecule has 0 amide bonds. The van der Waals surface area contributed by atoms with Gasteiger partial charge in [-0.15, -0.1) is 0 Å². The summed E-state index contributed by atoms with van der Waals surface area (Å²) in [5, 5.41) is 3.60. The van der Waals surface area contributed by atoms with Gasteiger partial charge in [0, 0.05) is 6.04 Å². The summed E-state index contributed by atoms with van der Waals surface area (Å²) in [4.78, 5) is 0. The topological polar surface area (TPSA) is 12.0 Å². The van der Waals surface area contributed by atoms with Gasteiger partial charge in [-0.05, 0) is 44.7 Å². The maximum atomic E-state index is 3.60. The van der Waals surface area contributed by atoms with Gasteiger partial charge >= 0.3 is 0 Å². The molecule has 0 heterocycles. The third-order valence-electron chi connectivity index (χ3n) is 3.26. The van der Waals surface area contributed by atoms with E-state index >= 15 is 0 Å². The number of hydrogen-bond donors (Lipinski definition) is 1. The molecule has 1 saturated carbocycles. The first-order valence-electron chi connectivity index (χ1n) is 6.13. The fourth-order valence-corrected chi connectivity index (χ4v) is 2.08. The smallest absolute Gasteiger partial charge is 0.00670 e. The molecular weight excluding hydrogens is 182 g/mol. The fraction of sp³-hybridized carbons (Fsp3) is 0.571. The zero-order valence-electron chi connectivity index (χ0n) is 9.63. The highest BCUT2D eigenvalue weighted by atomic mass is 14.9. The van der Waals surface area contributed by atoms with Crippen LogP contribution < -0.4 is 5.32 Å². The van der Waals surface area contributed by atoms with Crippen molar-refractivity contribution in [2.24, 2.45) is 0 Å². The van der Waals surface area contributed by atoms with Gasteiger partial charge in [-0.25, -0.2) is 0 Å². The van der Waals surface area contributed by atoms with E-state index in [0.717, 1.165) is 6.04 Å². The highest BCUT2D eigenvalue weighted by molar-refractivity contribution is 5.22. The first-order valence-corrected chi connectivity index (χ1v) is 6.13. The van der Waals surface area contributed by atoms with Crippen LogP contribution in [0.4, 0.5) is 0 Å². The van der Waals surface area contributed by atoms with Gasteiger partial charge in [-0.2, -0.15) is 0 Å². The Morgan fingerprint density at radius 2 is 2.20 bits per heavy atom. The predicted molar refractivity (Wildman–Crippen MR) is 65.1 cm³/mol. The Morgan fingerprint density at radius 1 is 1.33 bits per heavy atom. The van der Waals surface area contributed by atoms with E-state index in [4.69, 9.17) is 0 Å². The van der Waals surface area contributed by atoms with E-state index in [-0.39, 0.29) is 0 Å². The molecule has 15 heavy (non-hydrogen) atoms. The van der Waals surface area contributed by atoms with Gasteiger partial charge in [0.15, 0.2) is 0 Å². The first kappa shape index (κ1) is 10.7. The minimum Gasteiger partial charge on any atom is -0.314 e. The van der Waals surface area contributed by atoms with E-state index in [9.17, 15) is 0 Å². The number of nitrogens with one attached hydrogen (secondary N) is 1. The monoisotopic (exact) mass is 203 g/mol. The van der Waals surface area contributed by atoms with Crippen LogP contribution in [0.2, 0.25) is 0 Å². The molecule has 0 atom stereocenters. The van der Waals surface area contributed by atoms with Crippen LogP contribution in [0, 0.1) is 6.92 Å². The third kappa shape index (κ3) is 3.35. The summed E-state index contributed by atoms with van der Waals surface area (Å²) in [5.74, 6) is 0. The molecule has 1 fully saturated rings. The van der Waals surface area contributed by atoms with Gasteiger partial charge in [0.25, 0.3) is 0 Å². The summed E-state index contributed by atoms with van der Waals surface area (Å²) in [5.41, 5.74) is 2.85. The van der Waals surface area contributed by atoms with E-state index in [1.54, 1.807) is 0 Å². The van der Waals surface area contributed by atoms with Crippen LogP contribution in [0.15, 0.2) is 24.3 Å². The molecule has 0 bridgehead atoms. The third-order valence-corrected chi connectivity index (χ3v) is 3.26. The molecule has 1 aliphatic carbocycles. The van der Waals surface area contributed by atoms with Crippen molar-refractivity contribution in [3.63, 3.8) is 0 Å². The molecule has 0 unspecified atom stereocenters. The van der Waals surface area contributed by atoms with Crippen LogP contribution in [-0.2, 0) is 6.42 Å². The van der Waals surface area contributed by atoms with Crippen molar-refractivity contribution in [1.82, 2.24) is 5.32 Å². The van der Waals surface area contributed by atoms with Gasteiger partial charge in [-0.1, -0.05) is 36.2 Å². The lowest BCUT2D eigenvalue weighted by Crippen LogP contribution is -2.35. The highest BCUT2D eigenvalue weighted by Crippen LogP contribution is 2.17. The van der Waals surface area contributed by atoms with Gasteiger partial charge < -0.3 is 5.32 Å². The quantitative estimate of drug-likeness (QED) is 0.725. The second-order valence-corrected chi connectivity index (χ2v) is 4.67. The second kappa shape index (κ2) is 5.32. The Labute approximate surface area is 92.9 Å². The van der Waals surface area contributed by atoms with E-state index < -0.39 is 0 Å². The second-order valence-electron chi connectivity index (χ2n) is 4.67. The Kier molecular flexibility index (Phi) is 3.79. The molecule has 0 radical (unpaired) electrons. The summed E-state index contributed by atoms with van der Waals surface area (Å²) in [6.45, 7) is 3.34. The van der Waals surface area contributed by atoms with Crippen LogP contribution in [0.1, 0.15) is 36.8 Å². The number of benzene rings is 1. The van der Waals surface area contributed by atoms with Crippen molar-refractivity contribution in [3.8, 4) is 0 Å². The molecule has 0 aliphatic heterocycles. The molecule has 1 aromatic carbocycles. The molecule has 1 nitrogen and oxygen atoms in total. The highest BCUT2D eigenvalue weighted by Gasteiger charge is 2.15. The van der Waals surface area contributed by atoms with Crippen molar-refractivity contribution in [3.05, 3.63) is 35.4 Å². The summed E-state index contributed by atoms with van der Waals surface area (Å²) >= 11 is 0. The SMILES string of the molecule is Cc1cccc(CCCNC2CCC2)c1. The molecule has 1 aliphatic rings. The maximum Gasteiger partial charge on any atom is 0.00670 e. The Hall–Kier alpha value is -0.820. The molecule has 82 valence electrons. The minimum atomic E-state index is 0.836. The Bertz CT molecular complexity index is 302. The standard InChI is InChI=1S/C14H21N/c1-12-5-2-6-13(11-12)7-4-10-15-14-8-3-9-14/h2,5-6,11,14-15H,3-4,7-10H2,1H3. The van der Waals surface area contributed by atoms with Crippen LogP contribution in [0.3, 0.4) is 0 Å². The summed E-state index contributed by atoms with van der Waals surface area (Å²) in [7, 11) is 0. The van der Waals surface area contributed by atoms with Gasteiger partial charge in [-0.3, -0.25) is 0 Å². The Morgan fingerprint density at radius 3 is 2.87 bits per heavy atom.